The van der Waals surface area contributed by atoms with Gasteiger partial charge in [0.05, 0.1) is 0 Å². The highest BCUT2D eigenvalue weighted by Gasteiger charge is 2.08. The Labute approximate surface area is 153 Å². The van der Waals surface area contributed by atoms with E-state index >= 15 is 0 Å². The van der Waals surface area contributed by atoms with Gasteiger partial charge in [0.25, 0.3) is 5.91 Å². The number of aryl methyl sites for hydroxylation is 3. The van der Waals surface area contributed by atoms with Gasteiger partial charge in [0.1, 0.15) is 0 Å². The topological polar surface area (TPSA) is 66.9 Å². The maximum atomic E-state index is 12.2. The van der Waals surface area contributed by atoms with Crippen molar-refractivity contribution in [3.8, 4) is 0 Å². The second-order valence-electron chi connectivity index (χ2n) is 6.42. The number of hydrogen-bond donors (Lipinski definition) is 2. The third-order valence-corrected chi connectivity index (χ3v) is 4.08. The second-order valence-corrected chi connectivity index (χ2v) is 6.42. The minimum Gasteiger partial charge on any atom is -0.347 e. The quantitative estimate of drug-likeness (QED) is 0.731. The van der Waals surface area contributed by atoms with Crippen molar-refractivity contribution in [1.29, 1.82) is 0 Å². The molecule has 0 aliphatic heterocycles. The normalized spacial score (nSPS) is 10.4. The van der Waals surface area contributed by atoms with E-state index in [1.807, 2.05) is 50.2 Å². The fourth-order valence-electron chi connectivity index (χ4n) is 2.71. The average Bonchev–Trinajstić information content (AvgIpc) is 2.63. The molecule has 0 saturated heterocycles. The van der Waals surface area contributed by atoms with Gasteiger partial charge in [-0.2, -0.15) is 0 Å². The third-order valence-electron chi connectivity index (χ3n) is 4.08. The van der Waals surface area contributed by atoms with Gasteiger partial charge in [-0.25, -0.2) is 0 Å². The van der Waals surface area contributed by atoms with Gasteiger partial charge in [-0.3, -0.25) is 4.79 Å². The molecule has 1 aromatic heterocycles. The highest BCUT2D eigenvalue weighted by atomic mass is 16.1. The summed E-state index contributed by atoms with van der Waals surface area (Å²) in [7, 11) is 0. The summed E-state index contributed by atoms with van der Waals surface area (Å²) in [5.41, 5.74) is 5.83. The first-order chi connectivity index (χ1) is 12.5. The van der Waals surface area contributed by atoms with Gasteiger partial charge in [-0.05, 0) is 50.1 Å². The van der Waals surface area contributed by atoms with Crippen molar-refractivity contribution in [2.75, 3.05) is 5.32 Å². The van der Waals surface area contributed by atoms with E-state index in [9.17, 15) is 4.79 Å². The molecule has 3 aromatic rings. The number of anilines is 2. The largest absolute Gasteiger partial charge is 0.347 e. The molecule has 0 atom stereocenters. The van der Waals surface area contributed by atoms with Crippen molar-refractivity contribution in [2.45, 2.75) is 27.3 Å². The van der Waals surface area contributed by atoms with Crippen LogP contribution in [0, 0.1) is 20.8 Å². The summed E-state index contributed by atoms with van der Waals surface area (Å²) in [6.07, 6.45) is 0. The monoisotopic (exact) mass is 346 g/mol. The van der Waals surface area contributed by atoms with Crippen LogP contribution in [0.3, 0.4) is 0 Å². The third kappa shape index (κ3) is 4.45. The standard InChI is InChI=1S/C21H22N4O/c1-14-5-4-6-17(12-14)13-22-21(26)19-9-10-20(25-24-19)23-18-8-7-15(2)11-16(18)3/h4-12H,13H2,1-3H3,(H,22,26)(H,23,25). The lowest BCUT2D eigenvalue weighted by atomic mass is 10.1. The molecule has 26 heavy (non-hydrogen) atoms. The molecule has 0 aliphatic carbocycles. The van der Waals surface area contributed by atoms with Crippen LogP contribution in [-0.2, 0) is 6.54 Å². The molecular formula is C21H22N4O. The number of benzene rings is 2. The van der Waals surface area contributed by atoms with E-state index in [1.165, 1.54) is 11.1 Å². The van der Waals surface area contributed by atoms with Gasteiger partial charge >= 0.3 is 0 Å². The summed E-state index contributed by atoms with van der Waals surface area (Å²) in [4.78, 5) is 12.2. The smallest absolute Gasteiger partial charge is 0.272 e. The van der Waals surface area contributed by atoms with Gasteiger partial charge in [0.15, 0.2) is 11.5 Å². The summed E-state index contributed by atoms with van der Waals surface area (Å²) in [6.45, 7) is 6.58. The van der Waals surface area contributed by atoms with Crippen LogP contribution in [0.2, 0.25) is 0 Å². The Morgan fingerprint density at radius 1 is 0.923 bits per heavy atom. The van der Waals surface area contributed by atoms with Gasteiger partial charge in [-0.15, -0.1) is 10.2 Å². The number of hydrogen-bond acceptors (Lipinski definition) is 4. The van der Waals surface area contributed by atoms with Gasteiger partial charge in [-0.1, -0.05) is 47.5 Å². The Hall–Kier alpha value is -3.21. The zero-order chi connectivity index (χ0) is 18.5. The molecule has 0 fully saturated rings. The molecule has 1 amide bonds. The molecule has 0 radical (unpaired) electrons. The van der Waals surface area contributed by atoms with Crippen molar-refractivity contribution in [2.24, 2.45) is 0 Å². The first kappa shape index (κ1) is 17.6. The summed E-state index contributed by atoms with van der Waals surface area (Å²) >= 11 is 0. The van der Waals surface area contributed by atoms with Gasteiger partial charge < -0.3 is 10.6 Å². The molecule has 0 aliphatic rings. The van der Waals surface area contributed by atoms with E-state index in [-0.39, 0.29) is 5.91 Å². The number of carbonyl (C=O) groups is 1. The van der Waals surface area contributed by atoms with Crippen molar-refractivity contribution in [3.63, 3.8) is 0 Å². The predicted molar refractivity (Wildman–Crippen MR) is 104 cm³/mol. The molecule has 5 heteroatoms. The summed E-state index contributed by atoms with van der Waals surface area (Å²) < 4.78 is 0. The number of rotatable bonds is 5. The molecule has 0 bridgehead atoms. The zero-order valence-electron chi connectivity index (χ0n) is 15.2. The minimum absolute atomic E-state index is 0.239. The zero-order valence-corrected chi connectivity index (χ0v) is 15.2. The van der Waals surface area contributed by atoms with Crippen LogP contribution in [0.5, 0.6) is 0 Å². The molecular weight excluding hydrogens is 324 g/mol. The van der Waals surface area contributed by atoms with Crippen LogP contribution in [0.4, 0.5) is 11.5 Å². The number of nitrogens with one attached hydrogen (secondary N) is 2. The Kier molecular flexibility index (Phi) is 5.27. The number of carbonyl (C=O) groups excluding carboxylic acids is 1. The van der Waals surface area contributed by atoms with Crippen molar-refractivity contribution in [1.82, 2.24) is 15.5 Å². The molecule has 1 heterocycles. The van der Waals surface area contributed by atoms with Crippen LogP contribution in [0.15, 0.2) is 54.6 Å². The molecule has 2 N–H and O–H groups in total. The summed E-state index contributed by atoms with van der Waals surface area (Å²) in [5.74, 6) is 0.365. The van der Waals surface area contributed by atoms with E-state index in [2.05, 4.69) is 33.8 Å². The predicted octanol–water partition coefficient (Wildman–Crippen LogP) is 4.08. The van der Waals surface area contributed by atoms with Gasteiger partial charge in [0.2, 0.25) is 0 Å². The lowest BCUT2D eigenvalue weighted by molar-refractivity contribution is 0.0945. The van der Waals surface area contributed by atoms with Crippen LogP contribution in [0.25, 0.3) is 0 Å². The fourth-order valence-corrected chi connectivity index (χ4v) is 2.71. The average molecular weight is 346 g/mol. The van der Waals surface area contributed by atoms with Crippen LogP contribution in [-0.4, -0.2) is 16.1 Å². The molecule has 0 unspecified atom stereocenters. The minimum atomic E-state index is -0.239. The first-order valence-corrected chi connectivity index (χ1v) is 8.53. The second kappa shape index (κ2) is 7.78. The molecule has 132 valence electrons. The number of aromatic nitrogens is 2. The van der Waals surface area contributed by atoms with Crippen molar-refractivity contribution < 1.29 is 4.79 Å². The highest BCUT2D eigenvalue weighted by molar-refractivity contribution is 5.92. The Morgan fingerprint density at radius 2 is 1.73 bits per heavy atom. The number of nitrogens with zero attached hydrogens (tertiary/aromatic N) is 2. The van der Waals surface area contributed by atoms with Crippen LogP contribution >= 0.6 is 0 Å². The fraction of sp³-hybridized carbons (Fsp3) is 0.190. The Balaban J connectivity index is 1.62. The Morgan fingerprint density at radius 3 is 2.42 bits per heavy atom. The van der Waals surface area contributed by atoms with Crippen molar-refractivity contribution >= 4 is 17.4 Å². The van der Waals surface area contributed by atoms with E-state index in [0.29, 0.717) is 18.1 Å². The molecule has 0 saturated carbocycles. The van der Waals surface area contributed by atoms with E-state index in [0.717, 1.165) is 16.8 Å². The molecule has 5 nitrogen and oxygen atoms in total. The summed E-state index contributed by atoms with van der Waals surface area (Å²) in [6, 6.07) is 17.6. The number of amides is 1. The van der Waals surface area contributed by atoms with Crippen molar-refractivity contribution in [3.05, 3.63) is 82.5 Å². The van der Waals surface area contributed by atoms with Crippen LogP contribution < -0.4 is 10.6 Å². The lowest BCUT2D eigenvalue weighted by Gasteiger charge is -2.09. The Bertz CT molecular complexity index is 920. The molecule has 0 spiro atoms. The van der Waals surface area contributed by atoms with E-state index in [4.69, 9.17) is 0 Å². The molecule has 3 rings (SSSR count). The van der Waals surface area contributed by atoms with E-state index in [1.54, 1.807) is 12.1 Å². The maximum Gasteiger partial charge on any atom is 0.272 e. The summed E-state index contributed by atoms with van der Waals surface area (Å²) in [5, 5.41) is 14.2. The van der Waals surface area contributed by atoms with Gasteiger partial charge in [0, 0.05) is 12.2 Å². The lowest BCUT2D eigenvalue weighted by Crippen LogP contribution is -2.24. The van der Waals surface area contributed by atoms with E-state index < -0.39 is 0 Å². The first-order valence-electron chi connectivity index (χ1n) is 8.53. The molecule has 2 aromatic carbocycles. The van der Waals surface area contributed by atoms with Crippen LogP contribution in [0.1, 0.15) is 32.7 Å². The SMILES string of the molecule is Cc1cccc(CNC(=O)c2ccc(Nc3ccc(C)cc3C)nn2)c1. The highest BCUT2D eigenvalue weighted by Crippen LogP contribution is 2.19. The maximum absolute atomic E-state index is 12.2.